The fourth-order valence-corrected chi connectivity index (χ4v) is 4.51. The molecule has 25 heavy (non-hydrogen) atoms. The number of ether oxygens (including phenoxy) is 1. The van der Waals surface area contributed by atoms with Crippen molar-refractivity contribution in [3.63, 3.8) is 0 Å². The first-order chi connectivity index (χ1) is 11.8. The quantitative estimate of drug-likeness (QED) is 0.778. The maximum absolute atomic E-state index is 13.3. The van der Waals surface area contributed by atoms with Gasteiger partial charge in [-0.3, -0.25) is 4.79 Å². The number of rotatable bonds is 4. The van der Waals surface area contributed by atoms with Crippen molar-refractivity contribution in [2.45, 2.75) is 38.0 Å². The number of aryl methyl sites for hydroxylation is 1. The molecule has 2 saturated heterocycles. The van der Waals surface area contributed by atoms with E-state index >= 15 is 0 Å². The van der Waals surface area contributed by atoms with Crippen LogP contribution in [0.25, 0.3) is 0 Å². The Bertz CT molecular complexity index is 796. The lowest BCUT2D eigenvalue weighted by Gasteiger charge is -2.33. The summed E-state index contributed by atoms with van der Waals surface area (Å²) in [6.07, 6.45) is 3.59. The van der Waals surface area contributed by atoms with Crippen molar-refractivity contribution < 1.29 is 19.4 Å². The zero-order valence-corrected chi connectivity index (χ0v) is 14.3. The van der Waals surface area contributed by atoms with Gasteiger partial charge in [0.25, 0.3) is 0 Å². The van der Waals surface area contributed by atoms with Crippen LogP contribution in [0, 0.1) is 18.8 Å². The highest BCUT2D eigenvalue weighted by molar-refractivity contribution is 6.03. The highest BCUT2D eigenvalue weighted by Gasteiger charge is 2.69. The summed E-state index contributed by atoms with van der Waals surface area (Å²) in [4.78, 5) is 26.6. The molecule has 3 aliphatic rings. The Balaban J connectivity index is 1.84. The van der Waals surface area contributed by atoms with Gasteiger partial charge in [-0.25, -0.2) is 0 Å². The summed E-state index contributed by atoms with van der Waals surface area (Å²) in [5, 5.41) is 11.7. The molecule has 5 nitrogen and oxygen atoms in total. The van der Waals surface area contributed by atoms with Gasteiger partial charge in [-0.1, -0.05) is 35.4 Å². The zero-order valence-electron chi connectivity index (χ0n) is 14.3. The van der Waals surface area contributed by atoms with E-state index in [2.05, 4.69) is 6.58 Å². The number of benzene rings is 1. The minimum absolute atomic E-state index is 0.212. The first-order valence-electron chi connectivity index (χ1n) is 8.47. The molecular formula is C20H20NO4-. The smallest absolute Gasteiger partial charge is 0.234 e. The molecule has 3 aliphatic heterocycles. The normalized spacial score (nSPS) is 35.3. The number of hydrogen-bond acceptors (Lipinski definition) is 4. The lowest BCUT2D eigenvalue weighted by molar-refractivity contribution is -0.313. The minimum Gasteiger partial charge on any atom is -0.550 e. The third-order valence-corrected chi connectivity index (χ3v) is 5.55. The lowest BCUT2D eigenvalue weighted by atomic mass is 9.74. The van der Waals surface area contributed by atoms with E-state index < -0.39 is 29.5 Å². The maximum atomic E-state index is 13.3. The van der Waals surface area contributed by atoms with Crippen molar-refractivity contribution in [1.29, 1.82) is 0 Å². The van der Waals surface area contributed by atoms with Gasteiger partial charge < -0.3 is 19.5 Å². The third-order valence-electron chi connectivity index (χ3n) is 5.55. The molecule has 0 aliphatic carbocycles. The molecule has 1 amide bonds. The number of nitrogens with zero attached hydrogens (tertiary/aromatic N) is 1. The highest BCUT2D eigenvalue weighted by Crippen LogP contribution is 2.56. The van der Waals surface area contributed by atoms with E-state index in [4.69, 9.17) is 4.74 Å². The van der Waals surface area contributed by atoms with Gasteiger partial charge in [0.2, 0.25) is 5.91 Å². The molecule has 0 aromatic heterocycles. The van der Waals surface area contributed by atoms with Gasteiger partial charge in [-0.2, -0.15) is 0 Å². The fourth-order valence-electron chi connectivity index (χ4n) is 4.51. The molecule has 2 fully saturated rings. The molecule has 4 rings (SSSR count). The summed E-state index contributed by atoms with van der Waals surface area (Å²) in [5.74, 6) is -3.13. The summed E-state index contributed by atoms with van der Waals surface area (Å²) in [7, 11) is 0. The van der Waals surface area contributed by atoms with Crippen LogP contribution < -0.4 is 10.0 Å². The van der Waals surface area contributed by atoms with Crippen LogP contribution in [0.2, 0.25) is 0 Å². The second kappa shape index (κ2) is 5.30. The monoisotopic (exact) mass is 338 g/mol. The summed E-state index contributed by atoms with van der Waals surface area (Å²) >= 11 is 0. The number of carboxylic acid groups (broad SMARTS) is 1. The maximum Gasteiger partial charge on any atom is 0.234 e. The van der Waals surface area contributed by atoms with E-state index in [1.165, 1.54) is 0 Å². The van der Waals surface area contributed by atoms with Gasteiger partial charge in [0, 0.05) is 17.6 Å². The van der Waals surface area contributed by atoms with Gasteiger partial charge in [0.1, 0.15) is 5.60 Å². The number of fused-ring (bicyclic) bond motifs is 1. The Morgan fingerprint density at radius 3 is 2.64 bits per heavy atom. The second-order valence-corrected chi connectivity index (χ2v) is 7.34. The van der Waals surface area contributed by atoms with Crippen molar-refractivity contribution >= 4 is 17.6 Å². The summed E-state index contributed by atoms with van der Waals surface area (Å²) < 4.78 is 6.08. The Morgan fingerprint density at radius 1 is 1.36 bits per heavy atom. The van der Waals surface area contributed by atoms with Crippen LogP contribution in [0.15, 0.2) is 48.6 Å². The molecule has 5 atom stereocenters. The largest absolute Gasteiger partial charge is 0.550 e. The SMILES string of the molecule is C=C(C)C[C@@H]1N(c2ccc(C)cc2)C(=O)[C@H]2[C@@H](C(=O)[O-])[C@@H]3C=C[C@@]12O3. The van der Waals surface area contributed by atoms with Gasteiger partial charge in [0.05, 0.1) is 18.1 Å². The fraction of sp³-hybridized carbons (Fsp3) is 0.400. The summed E-state index contributed by atoms with van der Waals surface area (Å²) in [6, 6.07) is 7.35. The Kier molecular flexibility index (Phi) is 3.41. The van der Waals surface area contributed by atoms with E-state index in [0.717, 1.165) is 16.8 Å². The molecule has 1 spiro atoms. The van der Waals surface area contributed by atoms with Crippen LogP contribution in [0.1, 0.15) is 18.9 Å². The number of carbonyl (C=O) groups is 2. The van der Waals surface area contributed by atoms with Crippen LogP contribution in [-0.2, 0) is 14.3 Å². The van der Waals surface area contributed by atoms with Crippen molar-refractivity contribution in [3.8, 4) is 0 Å². The van der Waals surface area contributed by atoms with Crippen LogP contribution in [-0.4, -0.2) is 29.6 Å². The molecule has 5 heteroatoms. The molecule has 1 aromatic rings. The molecule has 3 heterocycles. The summed E-state index contributed by atoms with van der Waals surface area (Å²) in [5.41, 5.74) is 1.84. The van der Waals surface area contributed by atoms with Gasteiger partial charge in [-0.15, -0.1) is 6.58 Å². The summed E-state index contributed by atoms with van der Waals surface area (Å²) in [6.45, 7) is 7.87. The number of anilines is 1. The average molecular weight is 338 g/mol. The van der Waals surface area contributed by atoms with Crippen LogP contribution in [0.4, 0.5) is 5.69 Å². The average Bonchev–Trinajstić information content (AvgIpc) is 3.18. The second-order valence-electron chi connectivity index (χ2n) is 7.34. The molecular weight excluding hydrogens is 318 g/mol. The molecule has 130 valence electrons. The number of amides is 1. The highest BCUT2D eigenvalue weighted by atomic mass is 16.5. The van der Waals surface area contributed by atoms with Crippen LogP contribution >= 0.6 is 0 Å². The molecule has 0 radical (unpaired) electrons. The molecule has 2 bridgehead atoms. The topological polar surface area (TPSA) is 69.7 Å². The number of aliphatic carboxylic acids is 1. The Hall–Kier alpha value is -2.40. The standard InChI is InChI=1S/C20H21NO4/c1-11(2)10-15-20-9-8-14(25-20)16(19(23)24)17(20)18(22)21(15)13-6-4-12(3)5-7-13/h4-9,14-17H,1,10H2,2-3H3,(H,23,24)/p-1/t14-,15-,16-,17+,20+/m0/s1. The number of carboxylic acids is 1. The van der Waals surface area contributed by atoms with Gasteiger partial charge >= 0.3 is 0 Å². The first-order valence-corrected chi connectivity index (χ1v) is 8.47. The zero-order chi connectivity index (χ0) is 17.9. The van der Waals surface area contributed by atoms with Crippen molar-refractivity contribution in [1.82, 2.24) is 0 Å². The lowest BCUT2D eigenvalue weighted by Crippen LogP contribution is -2.46. The Morgan fingerprint density at radius 2 is 2.04 bits per heavy atom. The molecule has 0 saturated carbocycles. The number of hydrogen-bond donors (Lipinski definition) is 0. The van der Waals surface area contributed by atoms with Crippen molar-refractivity contribution in [3.05, 3.63) is 54.1 Å². The molecule has 0 N–H and O–H groups in total. The third kappa shape index (κ3) is 2.12. The Labute approximate surface area is 146 Å². The molecule has 1 aromatic carbocycles. The van der Waals surface area contributed by atoms with E-state index in [-0.39, 0.29) is 11.9 Å². The van der Waals surface area contributed by atoms with Crippen LogP contribution in [0.3, 0.4) is 0 Å². The van der Waals surface area contributed by atoms with E-state index in [1.54, 1.807) is 11.0 Å². The van der Waals surface area contributed by atoms with E-state index in [1.807, 2.05) is 44.2 Å². The van der Waals surface area contributed by atoms with Gasteiger partial charge in [-0.05, 0) is 32.4 Å². The van der Waals surface area contributed by atoms with E-state index in [9.17, 15) is 14.7 Å². The predicted octanol–water partition coefficient (Wildman–Crippen LogP) is 1.37. The van der Waals surface area contributed by atoms with Crippen molar-refractivity contribution in [2.75, 3.05) is 4.90 Å². The first kappa shape index (κ1) is 16.1. The van der Waals surface area contributed by atoms with Crippen molar-refractivity contribution in [2.24, 2.45) is 11.8 Å². The van der Waals surface area contributed by atoms with Gasteiger partial charge in [0.15, 0.2) is 0 Å². The van der Waals surface area contributed by atoms with Crippen LogP contribution in [0.5, 0.6) is 0 Å². The predicted molar refractivity (Wildman–Crippen MR) is 90.6 cm³/mol. The minimum atomic E-state index is -1.23. The number of carbonyl (C=O) groups excluding carboxylic acids is 2. The van der Waals surface area contributed by atoms with E-state index in [0.29, 0.717) is 6.42 Å². The molecule has 0 unspecified atom stereocenters.